The van der Waals surface area contributed by atoms with Gasteiger partial charge in [-0.25, -0.2) is 0 Å². The standard InChI is InChI=1S/C16H27NO5Si/c1-4-20-23(21-5-2,22-6-3)11-7-10-17-13-14-8-9-15(18)12-16(14)19/h8-9,12-13,18-19H,4-7,10-11H2,1-3H3. The number of benzene rings is 1. The highest BCUT2D eigenvalue weighted by atomic mass is 28.4. The van der Waals surface area contributed by atoms with Gasteiger partial charge in [0.15, 0.2) is 0 Å². The summed E-state index contributed by atoms with van der Waals surface area (Å²) in [6.07, 6.45) is 2.38. The Balaban J connectivity index is 2.53. The van der Waals surface area contributed by atoms with Crippen molar-refractivity contribution in [2.24, 2.45) is 4.99 Å². The summed E-state index contributed by atoms with van der Waals surface area (Å²) in [5.41, 5.74) is 0.575. The van der Waals surface area contributed by atoms with Gasteiger partial charge in [-0.05, 0) is 39.3 Å². The zero-order valence-electron chi connectivity index (χ0n) is 14.1. The minimum absolute atomic E-state index is 0.00965. The molecule has 0 spiro atoms. The van der Waals surface area contributed by atoms with Crippen molar-refractivity contribution in [3.8, 4) is 11.5 Å². The maximum Gasteiger partial charge on any atom is 0.500 e. The molecule has 2 N–H and O–H groups in total. The average Bonchev–Trinajstić information content (AvgIpc) is 2.50. The molecule has 23 heavy (non-hydrogen) atoms. The van der Waals surface area contributed by atoms with E-state index in [1.807, 2.05) is 20.8 Å². The minimum atomic E-state index is -2.60. The molecule has 130 valence electrons. The Hall–Kier alpha value is -1.41. The third-order valence-corrected chi connectivity index (χ3v) is 6.26. The fourth-order valence-corrected chi connectivity index (χ4v) is 4.79. The molecule has 0 aliphatic rings. The lowest BCUT2D eigenvalue weighted by molar-refractivity contribution is 0.0710. The highest BCUT2D eigenvalue weighted by Gasteiger charge is 2.39. The summed E-state index contributed by atoms with van der Waals surface area (Å²) >= 11 is 0. The van der Waals surface area contributed by atoms with Crippen LogP contribution in [0.1, 0.15) is 32.8 Å². The molecule has 7 heteroatoms. The Morgan fingerprint density at radius 1 is 1.04 bits per heavy atom. The van der Waals surface area contributed by atoms with Crippen molar-refractivity contribution < 1.29 is 23.5 Å². The number of aliphatic imine (C=N–C) groups is 1. The van der Waals surface area contributed by atoms with Gasteiger partial charge in [0, 0.05) is 50.3 Å². The predicted octanol–water partition coefficient (Wildman–Crippen LogP) is 2.96. The van der Waals surface area contributed by atoms with E-state index in [0.717, 1.165) is 6.42 Å². The summed E-state index contributed by atoms with van der Waals surface area (Å²) in [6.45, 7) is 8.09. The first kappa shape index (κ1) is 19.6. The summed E-state index contributed by atoms with van der Waals surface area (Å²) < 4.78 is 17.3. The van der Waals surface area contributed by atoms with Gasteiger partial charge in [-0.2, -0.15) is 0 Å². The Labute approximate surface area is 139 Å². The summed E-state index contributed by atoms with van der Waals surface area (Å²) in [7, 11) is -2.60. The molecule has 0 amide bonds. The van der Waals surface area contributed by atoms with Gasteiger partial charge in [0.05, 0.1) is 0 Å². The molecule has 0 aliphatic heterocycles. The first-order valence-electron chi connectivity index (χ1n) is 8.00. The highest BCUT2D eigenvalue weighted by Crippen LogP contribution is 2.21. The summed E-state index contributed by atoms with van der Waals surface area (Å²) in [4.78, 5) is 4.30. The van der Waals surface area contributed by atoms with Crippen LogP contribution in [0.5, 0.6) is 11.5 Å². The average molecular weight is 341 g/mol. The maximum absolute atomic E-state index is 9.68. The minimum Gasteiger partial charge on any atom is -0.508 e. The van der Waals surface area contributed by atoms with Gasteiger partial charge >= 0.3 is 8.80 Å². The third kappa shape index (κ3) is 6.70. The van der Waals surface area contributed by atoms with Crippen molar-refractivity contribution in [3.63, 3.8) is 0 Å². The molecule has 1 aromatic carbocycles. The van der Waals surface area contributed by atoms with Crippen LogP contribution in [0.15, 0.2) is 23.2 Å². The molecule has 0 heterocycles. The van der Waals surface area contributed by atoms with Crippen LogP contribution in [-0.4, -0.2) is 51.6 Å². The van der Waals surface area contributed by atoms with Gasteiger partial charge in [-0.1, -0.05) is 0 Å². The Morgan fingerprint density at radius 3 is 2.17 bits per heavy atom. The van der Waals surface area contributed by atoms with Gasteiger partial charge in [-0.3, -0.25) is 4.99 Å². The molecule has 0 saturated carbocycles. The van der Waals surface area contributed by atoms with Crippen LogP contribution in [0.25, 0.3) is 0 Å². The number of rotatable bonds is 11. The van der Waals surface area contributed by atoms with Gasteiger partial charge in [-0.15, -0.1) is 0 Å². The van der Waals surface area contributed by atoms with Crippen LogP contribution in [0.3, 0.4) is 0 Å². The van der Waals surface area contributed by atoms with E-state index in [0.29, 0.717) is 38.0 Å². The van der Waals surface area contributed by atoms with Crippen molar-refractivity contribution in [3.05, 3.63) is 23.8 Å². The number of hydrogen-bond acceptors (Lipinski definition) is 6. The first-order valence-corrected chi connectivity index (χ1v) is 9.93. The molecular formula is C16H27NO5Si. The van der Waals surface area contributed by atoms with E-state index in [4.69, 9.17) is 13.3 Å². The van der Waals surface area contributed by atoms with E-state index < -0.39 is 8.80 Å². The SMILES string of the molecule is CCO[Si](CCCN=Cc1ccc(O)cc1O)(OCC)OCC. The van der Waals surface area contributed by atoms with Crippen LogP contribution >= 0.6 is 0 Å². The van der Waals surface area contributed by atoms with E-state index in [-0.39, 0.29) is 11.5 Å². The molecule has 0 atom stereocenters. The predicted molar refractivity (Wildman–Crippen MR) is 92.3 cm³/mol. The maximum atomic E-state index is 9.68. The normalized spacial score (nSPS) is 12.1. The van der Waals surface area contributed by atoms with Gasteiger partial charge in [0.2, 0.25) is 0 Å². The van der Waals surface area contributed by atoms with E-state index in [9.17, 15) is 10.2 Å². The Morgan fingerprint density at radius 2 is 1.65 bits per heavy atom. The quantitative estimate of drug-likeness (QED) is 0.367. The Bertz CT molecular complexity index is 478. The molecular weight excluding hydrogens is 314 g/mol. The molecule has 0 saturated heterocycles. The zero-order valence-corrected chi connectivity index (χ0v) is 15.1. The van der Waals surface area contributed by atoms with Crippen LogP contribution in [-0.2, 0) is 13.3 Å². The molecule has 1 aromatic rings. The lowest BCUT2D eigenvalue weighted by atomic mass is 10.2. The second kappa shape index (κ2) is 10.4. The van der Waals surface area contributed by atoms with E-state index in [1.54, 1.807) is 12.3 Å². The topological polar surface area (TPSA) is 80.5 Å². The largest absolute Gasteiger partial charge is 0.508 e. The van der Waals surface area contributed by atoms with Gasteiger partial charge < -0.3 is 23.5 Å². The number of hydrogen-bond donors (Lipinski definition) is 2. The third-order valence-electron chi connectivity index (χ3n) is 3.11. The number of aromatic hydroxyl groups is 2. The summed E-state index contributed by atoms with van der Waals surface area (Å²) in [5, 5.41) is 18.9. The molecule has 0 bridgehead atoms. The lowest BCUT2D eigenvalue weighted by Gasteiger charge is -2.28. The van der Waals surface area contributed by atoms with E-state index in [1.165, 1.54) is 12.1 Å². The number of nitrogens with zero attached hydrogens (tertiary/aromatic N) is 1. The van der Waals surface area contributed by atoms with Crippen LogP contribution in [0.2, 0.25) is 6.04 Å². The van der Waals surface area contributed by atoms with Crippen LogP contribution in [0, 0.1) is 0 Å². The van der Waals surface area contributed by atoms with Crippen molar-refractivity contribution >= 4 is 15.0 Å². The van der Waals surface area contributed by atoms with Gasteiger partial charge in [0.1, 0.15) is 11.5 Å². The molecule has 0 radical (unpaired) electrons. The fraction of sp³-hybridized carbons (Fsp3) is 0.562. The van der Waals surface area contributed by atoms with Crippen LogP contribution < -0.4 is 0 Å². The summed E-state index contributed by atoms with van der Waals surface area (Å²) in [6, 6.07) is 5.13. The van der Waals surface area contributed by atoms with Crippen molar-refractivity contribution in [2.75, 3.05) is 26.4 Å². The molecule has 0 aliphatic carbocycles. The monoisotopic (exact) mass is 341 g/mol. The van der Waals surface area contributed by atoms with Crippen LogP contribution in [0.4, 0.5) is 0 Å². The van der Waals surface area contributed by atoms with E-state index >= 15 is 0 Å². The van der Waals surface area contributed by atoms with Crippen molar-refractivity contribution in [1.82, 2.24) is 0 Å². The fourth-order valence-electron chi connectivity index (χ4n) is 2.19. The second-order valence-electron chi connectivity index (χ2n) is 4.86. The number of phenolic OH excluding ortho intramolecular Hbond substituents is 2. The molecule has 6 nitrogen and oxygen atoms in total. The van der Waals surface area contributed by atoms with Crippen molar-refractivity contribution in [1.29, 1.82) is 0 Å². The second-order valence-corrected chi connectivity index (χ2v) is 7.60. The van der Waals surface area contributed by atoms with E-state index in [2.05, 4.69) is 4.99 Å². The molecule has 0 aromatic heterocycles. The van der Waals surface area contributed by atoms with Crippen molar-refractivity contribution in [2.45, 2.75) is 33.2 Å². The zero-order chi connectivity index (χ0) is 17.1. The smallest absolute Gasteiger partial charge is 0.500 e. The van der Waals surface area contributed by atoms with Gasteiger partial charge in [0.25, 0.3) is 0 Å². The first-order chi connectivity index (χ1) is 11.1. The Kier molecular flexibility index (Phi) is 8.86. The molecule has 0 fully saturated rings. The molecule has 1 rings (SSSR count). The summed E-state index contributed by atoms with van der Waals surface area (Å²) in [5.74, 6) is 0.0380. The highest BCUT2D eigenvalue weighted by molar-refractivity contribution is 6.60. The number of phenols is 2. The lowest BCUT2D eigenvalue weighted by Crippen LogP contribution is -2.46. The molecule has 0 unspecified atom stereocenters.